The molecule has 0 saturated heterocycles. The molecule has 0 fully saturated rings. The van der Waals surface area contributed by atoms with Gasteiger partial charge in [0.25, 0.3) is 0 Å². The zero-order chi connectivity index (χ0) is 51.7. The van der Waals surface area contributed by atoms with Gasteiger partial charge < -0.3 is 20.1 Å². The van der Waals surface area contributed by atoms with E-state index in [1.807, 2.05) is 0 Å². The Kier molecular flexibility index (Phi) is 56.1. The molecule has 0 radical (unpaired) electrons. The Hall–Kier alpha value is -1.77. The molecule has 71 heavy (non-hydrogen) atoms. The predicted molar refractivity (Wildman–Crippen MR) is 303 cm³/mol. The molecule has 0 rings (SSSR count). The van der Waals surface area contributed by atoms with Crippen molar-refractivity contribution in [3.8, 4) is 0 Å². The van der Waals surface area contributed by atoms with Crippen molar-refractivity contribution in [3.05, 3.63) is 36.5 Å². The third-order valence-electron chi connectivity index (χ3n) is 13.5. The molecular weight excluding hydrogens is 906 g/mol. The molecule has 0 bridgehead atoms. The average Bonchev–Trinajstić information content (AvgIpc) is 3.36. The number of rotatable bonds is 58. The fourth-order valence-corrected chi connectivity index (χ4v) is 9.72. The van der Waals surface area contributed by atoms with Gasteiger partial charge in [0.2, 0.25) is 0 Å². The van der Waals surface area contributed by atoms with E-state index >= 15 is 0 Å². The Bertz CT molecular complexity index is 1260. The van der Waals surface area contributed by atoms with Gasteiger partial charge >= 0.3 is 19.8 Å². The number of allylic oxidation sites excluding steroid dienone is 6. The highest BCUT2D eigenvalue weighted by molar-refractivity contribution is 7.47. The zero-order valence-electron chi connectivity index (χ0n) is 46.7. The molecule has 0 aromatic carbocycles. The normalized spacial score (nSPS) is 13.2. The van der Waals surface area contributed by atoms with Crippen molar-refractivity contribution in [3.63, 3.8) is 0 Å². The second-order valence-corrected chi connectivity index (χ2v) is 22.0. The zero-order valence-corrected chi connectivity index (χ0v) is 47.6. The molecule has 0 aromatic rings. The van der Waals surface area contributed by atoms with Crippen LogP contribution < -0.4 is 5.73 Å². The van der Waals surface area contributed by atoms with E-state index in [0.717, 1.165) is 38.5 Å². The Morgan fingerprint density at radius 2 is 0.732 bits per heavy atom. The summed E-state index contributed by atoms with van der Waals surface area (Å²) in [4.78, 5) is 35.2. The van der Waals surface area contributed by atoms with Crippen molar-refractivity contribution >= 4 is 19.8 Å². The van der Waals surface area contributed by atoms with E-state index in [-0.39, 0.29) is 38.6 Å². The van der Waals surface area contributed by atoms with Crippen molar-refractivity contribution in [1.29, 1.82) is 0 Å². The van der Waals surface area contributed by atoms with Gasteiger partial charge in [-0.2, -0.15) is 0 Å². The number of hydrogen-bond acceptors (Lipinski definition) is 8. The molecule has 2 unspecified atom stereocenters. The number of unbranched alkanes of at least 4 members (excludes halogenated alkanes) is 39. The van der Waals surface area contributed by atoms with Crippen LogP contribution in [-0.2, 0) is 32.7 Å². The molecule has 0 aliphatic carbocycles. The molecule has 0 heterocycles. The van der Waals surface area contributed by atoms with Gasteiger partial charge in [0.1, 0.15) is 6.61 Å². The quantitative estimate of drug-likeness (QED) is 0.0264. The molecular formula is C61H116NO8P. The van der Waals surface area contributed by atoms with E-state index < -0.39 is 26.5 Å². The number of carbonyl (C=O) groups is 2. The molecule has 418 valence electrons. The lowest BCUT2D eigenvalue weighted by Gasteiger charge is -2.19. The molecule has 0 aromatic heterocycles. The number of hydrogen-bond donors (Lipinski definition) is 2. The highest BCUT2D eigenvalue weighted by atomic mass is 31.2. The largest absolute Gasteiger partial charge is 0.472 e. The highest BCUT2D eigenvalue weighted by Crippen LogP contribution is 2.43. The average molecular weight is 1020 g/mol. The molecule has 0 aliphatic heterocycles. The third kappa shape index (κ3) is 57.4. The summed E-state index contributed by atoms with van der Waals surface area (Å²) in [5.74, 6) is -0.814. The van der Waals surface area contributed by atoms with Crippen LogP contribution in [0.15, 0.2) is 36.5 Å². The van der Waals surface area contributed by atoms with Gasteiger partial charge in [-0.15, -0.1) is 0 Å². The van der Waals surface area contributed by atoms with Crippen molar-refractivity contribution in [2.45, 2.75) is 315 Å². The number of nitrogens with two attached hydrogens (primary N) is 1. The Balaban J connectivity index is 3.92. The molecule has 9 nitrogen and oxygen atoms in total. The van der Waals surface area contributed by atoms with Crippen LogP contribution >= 0.6 is 7.82 Å². The number of ether oxygens (including phenoxy) is 2. The molecule has 10 heteroatoms. The lowest BCUT2D eigenvalue weighted by molar-refractivity contribution is -0.161. The van der Waals surface area contributed by atoms with Crippen molar-refractivity contribution < 1.29 is 37.6 Å². The SMILES string of the molecule is CCCCCCC/C=C\C/C=C\CCCCCCCCCCCCCCCCCC(=O)OC(COC(=O)CCCCCCCCCCCCC/C=C\CCCCCCCCCC)COP(=O)(O)OCCN. The first-order chi connectivity index (χ1) is 34.8. The first kappa shape index (κ1) is 69.2. The molecule has 0 amide bonds. The van der Waals surface area contributed by atoms with Gasteiger partial charge in [-0.25, -0.2) is 4.57 Å². The van der Waals surface area contributed by atoms with Crippen molar-refractivity contribution in [2.24, 2.45) is 5.73 Å². The maximum Gasteiger partial charge on any atom is 0.472 e. The van der Waals surface area contributed by atoms with Crippen LogP contribution in [0.2, 0.25) is 0 Å². The van der Waals surface area contributed by atoms with Crippen LogP contribution in [0, 0.1) is 0 Å². The molecule has 0 aliphatic rings. The second-order valence-electron chi connectivity index (χ2n) is 20.6. The first-order valence-corrected chi connectivity index (χ1v) is 32.0. The van der Waals surface area contributed by atoms with Gasteiger partial charge in [-0.1, -0.05) is 262 Å². The minimum atomic E-state index is -4.39. The van der Waals surface area contributed by atoms with E-state index in [9.17, 15) is 19.0 Å². The van der Waals surface area contributed by atoms with Crippen LogP contribution in [0.5, 0.6) is 0 Å². The Morgan fingerprint density at radius 3 is 1.08 bits per heavy atom. The first-order valence-electron chi connectivity index (χ1n) is 30.5. The van der Waals surface area contributed by atoms with E-state index in [0.29, 0.717) is 6.42 Å². The summed E-state index contributed by atoms with van der Waals surface area (Å²) in [6, 6.07) is 0. The van der Waals surface area contributed by atoms with Gasteiger partial charge in [0.15, 0.2) is 6.10 Å². The summed E-state index contributed by atoms with van der Waals surface area (Å²) in [7, 11) is -4.39. The minimum Gasteiger partial charge on any atom is -0.462 e. The summed E-state index contributed by atoms with van der Waals surface area (Å²) >= 11 is 0. The maximum atomic E-state index is 12.7. The number of carbonyl (C=O) groups excluding carboxylic acids is 2. The maximum absolute atomic E-state index is 12.7. The Labute approximate surface area is 439 Å². The lowest BCUT2D eigenvalue weighted by atomic mass is 10.0. The third-order valence-corrected chi connectivity index (χ3v) is 14.5. The molecule has 2 atom stereocenters. The minimum absolute atomic E-state index is 0.0546. The van der Waals surface area contributed by atoms with Crippen LogP contribution in [0.3, 0.4) is 0 Å². The van der Waals surface area contributed by atoms with E-state index in [1.54, 1.807) is 0 Å². The summed E-state index contributed by atoms with van der Waals surface area (Å²) in [5, 5.41) is 0. The molecule has 0 spiro atoms. The second kappa shape index (κ2) is 57.5. The standard InChI is InChI=1S/C61H116NO8P/c1-3-5-7-9-11-13-15-17-19-21-23-25-27-28-29-30-32-34-36-38-40-42-44-46-48-50-52-54-61(64)70-59(58-69-71(65,66)68-56-55-62)57-67-60(63)53-51-49-47-45-43-41-39-37-35-33-31-26-24-22-20-18-16-14-12-10-8-6-4-2/h15,17,21-24,59H,3-14,16,18-20,25-58,62H2,1-2H3,(H,65,66)/b17-15-,23-21-,24-22-. The topological polar surface area (TPSA) is 134 Å². The Morgan fingerprint density at radius 1 is 0.423 bits per heavy atom. The van der Waals surface area contributed by atoms with Crippen LogP contribution in [0.4, 0.5) is 0 Å². The van der Waals surface area contributed by atoms with E-state index in [2.05, 4.69) is 50.3 Å². The molecule has 3 N–H and O–H groups in total. The summed E-state index contributed by atoms with van der Waals surface area (Å²) in [6.07, 6.45) is 69.2. The van der Waals surface area contributed by atoms with Crippen molar-refractivity contribution in [2.75, 3.05) is 26.4 Å². The van der Waals surface area contributed by atoms with Crippen LogP contribution in [-0.4, -0.2) is 49.3 Å². The summed E-state index contributed by atoms with van der Waals surface area (Å²) in [6.45, 7) is 3.78. The van der Waals surface area contributed by atoms with Crippen LogP contribution in [0.25, 0.3) is 0 Å². The predicted octanol–water partition coefficient (Wildman–Crippen LogP) is 19.2. The molecule has 0 saturated carbocycles. The fraction of sp³-hybridized carbons (Fsp3) is 0.869. The monoisotopic (exact) mass is 1020 g/mol. The van der Waals surface area contributed by atoms with Gasteiger partial charge in [0.05, 0.1) is 13.2 Å². The smallest absolute Gasteiger partial charge is 0.462 e. The number of phosphoric ester groups is 1. The van der Waals surface area contributed by atoms with Crippen molar-refractivity contribution in [1.82, 2.24) is 0 Å². The number of phosphoric acid groups is 1. The summed E-state index contributed by atoms with van der Waals surface area (Å²) in [5.41, 5.74) is 5.39. The van der Waals surface area contributed by atoms with Gasteiger partial charge in [0, 0.05) is 19.4 Å². The fourth-order valence-electron chi connectivity index (χ4n) is 8.96. The lowest BCUT2D eigenvalue weighted by Crippen LogP contribution is -2.29. The number of esters is 2. The summed E-state index contributed by atoms with van der Waals surface area (Å²) < 4.78 is 33.1. The highest BCUT2D eigenvalue weighted by Gasteiger charge is 2.26. The van der Waals surface area contributed by atoms with Gasteiger partial charge in [-0.05, 0) is 70.6 Å². The van der Waals surface area contributed by atoms with Gasteiger partial charge in [-0.3, -0.25) is 18.6 Å². The van der Waals surface area contributed by atoms with E-state index in [1.165, 1.54) is 238 Å². The van der Waals surface area contributed by atoms with Crippen LogP contribution in [0.1, 0.15) is 309 Å². The van der Waals surface area contributed by atoms with E-state index in [4.69, 9.17) is 24.3 Å².